The highest BCUT2D eigenvalue weighted by molar-refractivity contribution is 5.95. The molecule has 136 valence electrons. The first-order valence-corrected chi connectivity index (χ1v) is 7.78. The number of ketones is 1. The lowest BCUT2D eigenvalue weighted by molar-refractivity contribution is -0.153. The standard InChI is InChI=1S/C17H21NO7/c19-12-25-11-18(10-16(21)22)14(17(23)24)8-4-5-9-15(20)13-6-2-1-3-7-13/h1-3,6-7,12,14H,4-5,8-11H2,(H,21,22)(H,23,24). The molecule has 0 aliphatic rings. The summed E-state index contributed by atoms with van der Waals surface area (Å²) in [5.41, 5.74) is 0.601. The monoisotopic (exact) mass is 351 g/mol. The molecule has 25 heavy (non-hydrogen) atoms. The summed E-state index contributed by atoms with van der Waals surface area (Å²) in [7, 11) is 0. The summed E-state index contributed by atoms with van der Waals surface area (Å²) in [5.74, 6) is -2.45. The van der Waals surface area contributed by atoms with Crippen LogP contribution in [0.25, 0.3) is 0 Å². The Kier molecular flexibility index (Phi) is 8.87. The zero-order valence-corrected chi connectivity index (χ0v) is 13.7. The number of benzene rings is 1. The third-order valence-corrected chi connectivity index (χ3v) is 3.60. The second-order valence-electron chi connectivity index (χ2n) is 5.42. The van der Waals surface area contributed by atoms with Gasteiger partial charge in [-0.25, -0.2) is 4.90 Å². The quantitative estimate of drug-likeness (QED) is 0.237. The third-order valence-electron chi connectivity index (χ3n) is 3.60. The second kappa shape index (κ2) is 10.9. The molecule has 0 aromatic heterocycles. The second-order valence-corrected chi connectivity index (χ2v) is 5.42. The number of carboxylic acids is 2. The Morgan fingerprint density at radius 2 is 1.80 bits per heavy atom. The van der Waals surface area contributed by atoms with Gasteiger partial charge in [0.15, 0.2) is 5.78 Å². The average molecular weight is 351 g/mol. The molecule has 8 nitrogen and oxygen atoms in total. The molecule has 8 heteroatoms. The SMILES string of the molecule is O=COCN(CC(=O)O)C(CCCCC(=O)c1ccccc1)C(=O)O. The molecular formula is C17H21NO7. The van der Waals surface area contributed by atoms with Gasteiger partial charge in [-0.15, -0.1) is 0 Å². The maximum Gasteiger partial charge on any atom is 0.321 e. The molecule has 1 aromatic rings. The van der Waals surface area contributed by atoms with Gasteiger partial charge in [-0.05, 0) is 12.8 Å². The van der Waals surface area contributed by atoms with Crippen LogP contribution in [0.15, 0.2) is 30.3 Å². The van der Waals surface area contributed by atoms with E-state index >= 15 is 0 Å². The van der Waals surface area contributed by atoms with Crippen molar-refractivity contribution < 1.29 is 34.1 Å². The lowest BCUT2D eigenvalue weighted by Gasteiger charge is -2.25. The first-order valence-electron chi connectivity index (χ1n) is 7.78. The lowest BCUT2D eigenvalue weighted by atomic mass is 10.0. The van der Waals surface area contributed by atoms with Crippen LogP contribution in [0.3, 0.4) is 0 Å². The largest absolute Gasteiger partial charge is 0.480 e. The Morgan fingerprint density at radius 3 is 2.36 bits per heavy atom. The van der Waals surface area contributed by atoms with Gasteiger partial charge in [0.25, 0.3) is 6.47 Å². The minimum Gasteiger partial charge on any atom is -0.480 e. The van der Waals surface area contributed by atoms with Crippen LogP contribution in [0, 0.1) is 0 Å². The van der Waals surface area contributed by atoms with Crippen LogP contribution in [0.5, 0.6) is 0 Å². The van der Waals surface area contributed by atoms with Crippen LogP contribution in [-0.2, 0) is 19.1 Å². The number of rotatable bonds is 13. The van der Waals surface area contributed by atoms with E-state index in [1.54, 1.807) is 24.3 Å². The molecule has 0 saturated heterocycles. The third kappa shape index (κ3) is 7.58. The van der Waals surface area contributed by atoms with Gasteiger partial charge in [0.2, 0.25) is 0 Å². The number of carboxylic acid groups (broad SMARTS) is 2. The number of unbranched alkanes of at least 4 members (excludes halogenated alkanes) is 1. The number of carbonyl (C=O) groups excluding carboxylic acids is 2. The molecule has 0 radical (unpaired) electrons. The molecule has 0 aliphatic carbocycles. The Balaban J connectivity index is 2.53. The predicted octanol–water partition coefficient (Wildman–Crippen LogP) is 1.40. The van der Waals surface area contributed by atoms with Gasteiger partial charge in [0, 0.05) is 12.0 Å². The molecule has 1 atom stereocenters. The van der Waals surface area contributed by atoms with E-state index < -0.39 is 31.3 Å². The first-order chi connectivity index (χ1) is 12.0. The molecule has 0 heterocycles. The molecule has 1 unspecified atom stereocenters. The van der Waals surface area contributed by atoms with Crippen molar-refractivity contribution in [2.75, 3.05) is 13.3 Å². The van der Waals surface area contributed by atoms with E-state index in [1.165, 1.54) is 0 Å². The van der Waals surface area contributed by atoms with Crippen molar-refractivity contribution in [3.63, 3.8) is 0 Å². The van der Waals surface area contributed by atoms with E-state index in [0.29, 0.717) is 18.4 Å². The summed E-state index contributed by atoms with van der Waals surface area (Å²) in [6.07, 6.45) is 1.33. The number of carbonyl (C=O) groups is 4. The Labute approximate surface area is 145 Å². The number of Topliss-reactive ketones (excluding diaryl/α,β-unsaturated/α-hetero) is 1. The van der Waals surface area contributed by atoms with Crippen LogP contribution in [-0.4, -0.2) is 58.6 Å². The molecule has 0 amide bonds. The normalized spacial score (nSPS) is 11.7. The fourth-order valence-corrected chi connectivity index (χ4v) is 2.40. The highest BCUT2D eigenvalue weighted by Crippen LogP contribution is 2.13. The summed E-state index contributed by atoms with van der Waals surface area (Å²) in [5, 5.41) is 18.2. The molecule has 0 saturated carbocycles. The van der Waals surface area contributed by atoms with Crippen LogP contribution in [0.1, 0.15) is 36.0 Å². The average Bonchev–Trinajstić information content (AvgIpc) is 2.58. The maximum atomic E-state index is 12.0. The van der Waals surface area contributed by atoms with Crippen molar-refractivity contribution in [2.45, 2.75) is 31.7 Å². The van der Waals surface area contributed by atoms with Crippen LogP contribution >= 0.6 is 0 Å². The zero-order valence-electron chi connectivity index (χ0n) is 13.7. The van der Waals surface area contributed by atoms with Gasteiger partial charge >= 0.3 is 11.9 Å². The van der Waals surface area contributed by atoms with E-state index in [4.69, 9.17) is 5.11 Å². The van der Waals surface area contributed by atoms with E-state index in [9.17, 15) is 24.3 Å². The summed E-state index contributed by atoms with van der Waals surface area (Å²) in [6, 6.07) is 7.67. The number of nitrogens with zero attached hydrogens (tertiary/aromatic N) is 1. The van der Waals surface area contributed by atoms with Gasteiger partial charge in [-0.3, -0.25) is 19.2 Å². The Morgan fingerprint density at radius 1 is 1.12 bits per heavy atom. The smallest absolute Gasteiger partial charge is 0.321 e. The highest BCUT2D eigenvalue weighted by atomic mass is 16.5. The topological polar surface area (TPSA) is 121 Å². The van der Waals surface area contributed by atoms with E-state index in [-0.39, 0.29) is 25.1 Å². The molecule has 1 aromatic carbocycles. The van der Waals surface area contributed by atoms with Crippen molar-refractivity contribution in [2.24, 2.45) is 0 Å². The van der Waals surface area contributed by atoms with Gasteiger partial charge in [-0.2, -0.15) is 0 Å². The van der Waals surface area contributed by atoms with E-state index in [2.05, 4.69) is 4.74 Å². The van der Waals surface area contributed by atoms with Crippen LogP contribution < -0.4 is 0 Å². The van der Waals surface area contributed by atoms with Gasteiger partial charge in [-0.1, -0.05) is 36.8 Å². The van der Waals surface area contributed by atoms with Crippen molar-refractivity contribution in [3.8, 4) is 0 Å². The van der Waals surface area contributed by atoms with Crippen LogP contribution in [0.2, 0.25) is 0 Å². The number of hydrogen-bond acceptors (Lipinski definition) is 6. The number of aliphatic carboxylic acids is 2. The minimum atomic E-state index is -1.22. The molecule has 1 rings (SSSR count). The molecule has 0 spiro atoms. The maximum absolute atomic E-state index is 12.0. The molecular weight excluding hydrogens is 330 g/mol. The van der Waals surface area contributed by atoms with Crippen molar-refractivity contribution in [1.29, 1.82) is 0 Å². The van der Waals surface area contributed by atoms with Gasteiger partial charge in [0.05, 0.1) is 0 Å². The Hall–Kier alpha value is -2.74. The number of ether oxygens (including phenoxy) is 1. The van der Waals surface area contributed by atoms with Crippen molar-refractivity contribution >= 4 is 24.2 Å². The van der Waals surface area contributed by atoms with E-state index in [1.807, 2.05) is 6.07 Å². The summed E-state index contributed by atoms with van der Waals surface area (Å²) in [6.45, 7) is -0.851. The van der Waals surface area contributed by atoms with Crippen molar-refractivity contribution in [3.05, 3.63) is 35.9 Å². The summed E-state index contributed by atoms with van der Waals surface area (Å²) >= 11 is 0. The van der Waals surface area contributed by atoms with E-state index in [0.717, 1.165) is 4.90 Å². The fourth-order valence-electron chi connectivity index (χ4n) is 2.40. The highest BCUT2D eigenvalue weighted by Gasteiger charge is 2.27. The minimum absolute atomic E-state index is 0.0286. The Bertz CT molecular complexity index is 588. The van der Waals surface area contributed by atoms with Gasteiger partial charge < -0.3 is 14.9 Å². The summed E-state index contributed by atoms with van der Waals surface area (Å²) in [4.78, 5) is 45.6. The molecule has 0 aliphatic heterocycles. The van der Waals surface area contributed by atoms with Crippen molar-refractivity contribution in [1.82, 2.24) is 4.90 Å². The molecule has 0 fully saturated rings. The first kappa shape index (κ1) is 20.3. The fraction of sp³-hybridized carbons (Fsp3) is 0.412. The van der Waals surface area contributed by atoms with Gasteiger partial charge in [0.1, 0.15) is 19.3 Å². The number of hydrogen-bond donors (Lipinski definition) is 2. The predicted molar refractivity (Wildman–Crippen MR) is 87.0 cm³/mol. The lowest BCUT2D eigenvalue weighted by Crippen LogP contribution is -2.45. The zero-order chi connectivity index (χ0) is 18.7. The van der Waals surface area contributed by atoms with Crippen LogP contribution in [0.4, 0.5) is 0 Å². The summed E-state index contributed by atoms with van der Waals surface area (Å²) < 4.78 is 4.49. The molecule has 0 bridgehead atoms. The molecule has 2 N–H and O–H groups in total.